The average Bonchev–Trinajstić information content (AvgIpc) is 2.36. The van der Waals surface area contributed by atoms with Crippen LogP contribution in [0.25, 0.3) is 5.76 Å². The molecule has 106 valence electrons. The molecule has 20 heavy (non-hydrogen) atoms. The average molecular weight is 276 g/mol. The van der Waals surface area contributed by atoms with Crippen LogP contribution in [-0.2, 0) is 19.1 Å². The van der Waals surface area contributed by atoms with E-state index in [0.29, 0.717) is 11.3 Å². The zero-order chi connectivity index (χ0) is 15.3. The van der Waals surface area contributed by atoms with Crippen molar-refractivity contribution in [2.75, 3.05) is 7.11 Å². The number of methoxy groups -OCH3 is 1. The minimum Gasteiger partial charge on any atom is -0.497 e. The highest BCUT2D eigenvalue weighted by molar-refractivity contribution is 6.23. The quantitative estimate of drug-likeness (QED) is 0.271. The summed E-state index contributed by atoms with van der Waals surface area (Å²) in [5.41, 5.74) is 0.326. The van der Waals surface area contributed by atoms with E-state index in [4.69, 9.17) is 9.47 Å². The topological polar surface area (TPSA) is 69.7 Å². The zero-order valence-electron chi connectivity index (χ0n) is 11.9. The number of ether oxygens (including phenoxy) is 2. The first-order valence-corrected chi connectivity index (χ1v) is 5.95. The summed E-state index contributed by atoms with van der Waals surface area (Å²) in [6.07, 6.45) is 0. The molecule has 0 aliphatic rings. The van der Waals surface area contributed by atoms with E-state index in [1.54, 1.807) is 24.3 Å². The predicted octanol–water partition coefficient (Wildman–Crippen LogP) is 2.15. The molecular formula is C15H16O5. The van der Waals surface area contributed by atoms with Crippen LogP contribution in [0.2, 0.25) is 0 Å². The van der Waals surface area contributed by atoms with Crippen molar-refractivity contribution in [1.29, 1.82) is 0 Å². The molecule has 0 N–H and O–H groups in total. The molecule has 0 aromatic heterocycles. The van der Waals surface area contributed by atoms with E-state index in [-0.39, 0.29) is 11.3 Å². The van der Waals surface area contributed by atoms with Crippen molar-refractivity contribution >= 4 is 23.3 Å². The lowest BCUT2D eigenvalue weighted by Crippen LogP contribution is -2.13. The predicted molar refractivity (Wildman–Crippen MR) is 73.0 cm³/mol. The zero-order valence-corrected chi connectivity index (χ0v) is 11.9. The molecule has 0 atom stereocenters. The van der Waals surface area contributed by atoms with Crippen LogP contribution in [0.1, 0.15) is 26.3 Å². The molecule has 0 saturated heterocycles. The van der Waals surface area contributed by atoms with Gasteiger partial charge in [0.25, 0.3) is 0 Å². The second-order valence-electron chi connectivity index (χ2n) is 4.14. The van der Waals surface area contributed by atoms with Crippen LogP contribution in [0.5, 0.6) is 5.75 Å². The third kappa shape index (κ3) is 3.78. The number of allylic oxidation sites excluding steroid dienone is 1. The first-order valence-electron chi connectivity index (χ1n) is 5.95. The van der Waals surface area contributed by atoms with Crippen molar-refractivity contribution in [2.24, 2.45) is 0 Å². The fourth-order valence-corrected chi connectivity index (χ4v) is 1.71. The van der Waals surface area contributed by atoms with Crippen LogP contribution in [-0.4, -0.2) is 24.6 Å². The molecule has 1 aromatic carbocycles. The van der Waals surface area contributed by atoms with Crippen molar-refractivity contribution in [3.05, 3.63) is 35.4 Å². The maximum atomic E-state index is 11.6. The van der Waals surface area contributed by atoms with E-state index in [0.717, 1.165) is 0 Å². The Hall–Kier alpha value is -2.43. The number of benzene rings is 1. The van der Waals surface area contributed by atoms with Gasteiger partial charge in [-0.25, -0.2) is 0 Å². The summed E-state index contributed by atoms with van der Waals surface area (Å²) < 4.78 is 10.1. The summed E-state index contributed by atoms with van der Waals surface area (Å²) in [5, 5.41) is 0. The standard InChI is InChI=1S/C15H16O5/c1-9(16)14(10(2)17)15(20-11(3)18)12-5-7-13(19-4)8-6-12/h5-8H,1-4H3. The summed E-state index contributed by atoms with van der Waals surface area (Å²) in [5.74, 6) is -0.923. The van der Waals surface area contributed by atoms with E-state index in [2.05, 4.69) is 0 Å². The van der Waals surface area contributed by atoms with Gasteiger partial charge in [-0.3, -0.25) is 14.4 Å². The van der Waals surface area contributed by atoms with Crippen LogP contribution in [0.3, 0.4) is 0 Å². The van der Waals surface area contributed by atoms with Gasteiger partial charge in [-0.1, -0.05) is 0 Å². The van der Waals surface area contributed by atoms with Crippen molar-refractivity contribution < 1.29 is 23.9 Å². The second-order valence-corrected chi connectivity index (χ2v) is 4.14. The minimum atomic E-state index is -0.601. The van der Waals surface area contributed by atoms with Crippen molar-refractivity contribution in [3.63, 3.8) is 0 Å². The van der Waals surface area contributed by atoms with E-state index >= 15 is 0 Å². The Balaban J connectivity index is 3.43. The van der Waals surface area contributed by atoms with Crippen LogP contribution < -0.4 is 4.74 Å². The van der Waals surface area contributed by atoms with E-state index in [1.807, 2.05) is 0 Å². The fraction of sp³-hybridized carbons (Fsp3) is 0.267. The van der Waals surface area contributed by atoms with Gasteiger partial charge in [0.1, 0.15) is 11.3 Å². The highest BCUT2D eigenvalue weighted by Crippen LogP contribution is 2.24. The van der Waals surface area contributed by atoms with Crippen molar-refractivity contribution in [2.45, 2.75) is 20.8 Å². The number of hydrogen-bond donors (Lipinski definition) is 0. The normalized spacial score (nSPS) is 9.60. The molecule has 5 nitrogen and oxygen atoms in total. The highest BCUT2D eigenvalue weighted by Gasteiger charge is 2.21. The fourth-order valence-electron chi connectivity index (χ4n) is 1.71. The molecule has 1 aromatic rings. The summed E-state index contributed by atoms with van der Waals surface area (Å²) in [7, 11) is 1.52. The third-order valence-corrected chi connectivity index (χ3v) is 2.53. The first-order chi connectivity index (χ1) is 9.36. The van der Waals surface area contributed by atoms with Gasteiger partial charge in [-0.05, 0) is 38.1 Å². The SMILES string of the molecule is COc1ccc(C(OC(C)=O)=C(C(C)=O)C(C)=O)cc1. The highest BCUT2D eigenvalue weighted by atomic mass is 16.5. The Labute approximate surface area is 117 Å². The third-order valence-electron chi connectivity index (χ3n) is 2.53. The summed E-state index contributed by atoms with van der Waals surface area (Å²) >= 11 is 0. The molecule has 0 aliphatic heterocycles. The van der Waals surface area contributed by atoms with Gasteiger partial charge in [0.05, 0.1) is 7.11 Å². The number of carbonyl (C=O) groups is 3. The maximum Gasteiger partial charge on any atom is 0.308 e. The molecule has 0 fully saturated rings. The van der Waals surface area contributed by atoms with Gasteiger partial charge in [-0.2, -0.15) is 0 Å². The van der Waals surface area contributed by atoms with E-state index in [9.17, 15) is 14.4 Å². The summed E-state index contributed by atoms with van der Waals surface area (Å²) in [6.45, 7) is 3.72. The molecular weight excluding hydrogens is 260 g/mol. The lowest BCUT2D eigenvalue weighted by atomic mass is 10.0. The minimum absolute atomic E-state index is 0.0276. The monoisotopic (exact) mass is 276 g/mol. The van der Waals surface area contributed by atoms with Gasteiger partial charge in [0.2, 0.25) is 0 Å². The molecule has 0 spiro atoms. The molecule has 1 rings (SSSR count). The number of esters is 1. The van der Waals surface area contributed by atoms with Crippen LogP contribution in [0.15, 0.2) is 29.8 Å². The van der Waals surface area contributed by atoms with Crippen LogP contribution in [0.4, 0.5) is 0 Å². The van der Waals surface area contributed by atoms with Gasteiger partial charge < -0.3 is 9.47 Å². The summed E-state index contributed by atoms with van der Waals surface area (Å²) in [6, 6.07) is 6.53. The summed E-state index contributed by atoms with van der Waals surface area (Å²) in [4.78, 5) is 34.4. The van der Waals surface area contributed by atoms with E-state index < -0.39 is 17.5 Å². The molecule has 0 aliphatic carbocycles. The number of hydrogen-bond acceptors (Lipinski definition) is 5. The molecule has 0 heterocycles. The van der Waals surface area contributed by atoms with Gasteiger partial charge in [-0.15, -0.1) is 0 Å². The smallest absolute Gasteiger partial charge is 0.308 e. The molecule has 0 radical (unpaired) electrons. The number of Topliss-reactive ketones (excluding diaryl/α,β-unsaturated/α-hetero) is 2. The number of ketones is 2. The van der Waals surface area contributed by atoms with Crippen LogP contribution in [0, 0.1) is 0 Å². The molecule has 0 saturated carbocycles. The number of rotatable bonds is 5. The second kappa shape index (κ2) is 6.65. The lowest BCUT2D eigenvalue weighted by Gasteiger charge is -2.11. The Morgan fingerprint density at radius 2 is 1.40 bits per heavy atom. The van der Waals surface area contributed by atoms with Crippen LogP contribution >= 0.6 is 0 Å². The van der Waals surface area contributed by atoms with Gasteiger partial charge in [0, 0.05) is 12.5 Å². The molecule has 5 heteroatoms. The molecule has 0 bridgehead atoms. The Morgan fingerprint density at radius 3 is 1.75 bits per heavy atom. The molecule has 0 amide bonds. The van der Waals surface area contributed by atoms with Gasteiger partial charge in [0.15, 0.2) is 17.3 Å². The number of carbonyl (C=O) groups excluding carboxylic acids is 3. The lowest BCUT2D eigenvalue weighted by molar-refractivity contribution is -0.134. The van der Waals surface area contributed by atoms with Crippen molar-refractivity contribution in [1.82, 2.24) is 0 Å². The molecule has 0 unspecified atom stereocenters. The van der Waals surface area contributed by atoms with Crippen molar-refractivity contribution in [3.8, 4) is 5.75 Å². The first kappa shape index (κ1) is 15.6. The Bertz CT molecular complexity index is 550. The largest absolute Gasteiger partial charge is 0.497 e. The van der Waals surface area contributed by atoms with E-state index in [1.165, 1.54) is 27.9 Å². The van der Waals surface area contributed by atoms with Gasteiger partial charge >= 0.3 is 5.97 Å². The Kier molecular flexibility index (Phi) is 5.20. The maximum absolute atomic E-state index is 11.6. The Morgan fingerprint density at radius 1 is 0.900 bits per heavy atom.